The molecular weight excluding hydrogens is 294 g/mol. The molecule has 0 spiro atoms. The third-order valence-electron chi connectivity index (χ3n) is 3.43. The van der Waals surface area contributed by atoms with Crippen molar-refractivity contribution >= 4 is 21.8 Å². The lowest BCUT2D eigenvalue weighted by Gasteiger charge is -2.21. The molecule has 5 nitrogen and oxygen atoms in total. The maximum atomic E-state index is 12.2. The number of thioether (sulfide) groups is 1. The van der Waals surface area contributed by atoms with Crippen LogP contribution in [0.25, 0.3) is 0 Å². The summed E-state index contributed by atoms with van der Waals surface area (Å²) in [5.41, 5.74) is 0.904. The van der Waals surface area contributed by atoms with Crippen LogP contribution < -0.4 is 10.0 Å². The van der Waals surface area contributed by atoms with Crippen molar-refractivity contribution in [1.29, 1.82) is 0 Å². The first-order valence-corrected chi connectivity index (χ1v) is 9.49. The molecule has 1 aliphatic carbocycles. The second-order valence-corrected chi connectivity index (χ2v) is 9.08. The predicted octanol–water partition coefficient (Wildman–Crippen LogP) is 1.69. The smallest absolute Gasteiger partial charge is 0.242 e. The Morgan fingerprint density at radius 2 is 2.15 bits per heavy atom. The van der Waals surface area contributed by atoms with Crippen LogP contribution in [-0.2, 0) is 16.6 Å². The lowest BCUT2D eigenvalue weighted by Crippen LogP contribution is -2.35. The van der Waals surface area contributed by atoms with E-state index in [1.165, 1.54) is 12.8 Å². The maximum Gasteiger partial charge on any atom is 0.242 e. The van der Waals surface area contributed by atoms with Crippen molar-refractivity contribution in [3.05, 3.63) is 18.0 Å². The summed E-state index contributed by atoms with van der Waals surface area (Å²) in [6.07, 6.45) is 5.97. The molecule has 1 saturated carbocycles. The van der Waals surface area contributed by atoms with Gasteiger partial charge in [0.25, 0.3) is 0 Å². The monoisotopic (exact) mass is 317 g/mol. The quantitative estimate of drug-likeness (QED) is 0.682. The van der Waals surface area contributed by atoms with E-state index in [4.69, 9.17) is 0 Å². The average molecular weight is 317 g/mol. The molecule has 0 unspecified atom stereocenters. The number of sulfonamides is 1. The Kier molecular flexibility index (Phi) is 4.84. The Morgan fingerprint density at radius 3 is 2.75 bits per heavy atom. The molecule has 0 atom stereocenters. The summed E-state index contributed by atoms with van der Waals surface area (Å²) < 4.78 is 27.0. The molecule has 1 heterocycles. The normalized spacial score (nSPS) is 16.6. The Bertz CT molecular complexity index is 548. The van der Waals surface area contributed by atoms with Crippen molar-refractivity contribution in [2.75, 3.05) is 12.8 Å². The highest BCUT2D eigenvalue weighted by molar-refractivity contribution is 8.00. The van der Waals surface area contributed by atoms with Crippen molar-refractivity contribution < 1.29 is 8.42 Å². The van der Waals surface area contributed by atoms with Gasteiger partial charge in [-0.05, 0) is 39.0 Å². The predicted molar refractivity (Wildman–Crippen MR) is 83.4 cm³/mol. The molecule has 3 N–H and O–H groups in total. The van der Waals surface area contributed by atoms with E-state index in [-0.39, 0.29) is 4.75 Å². The lowest BCUT2D eigenvalue weighted by molar-refractivity contribution is 0.571. The largest absolute Gasteiger partial charge is 0.363 e. The molecule has 1 aliphatic rings. The summed E-state index contributed by atoms with van der Waals surface area (Å²) in [5.74, 6) is 0. The molecular formula is C13H23N3O2S2. The summed E-state index contributed by atoms with van der Waals surface area (Å²) in [6.45, 7) is 5.14. The summed E-state index contributed by atoms with van der Waals surface area (Å²) in [5, 5.41) is 3.35. The van der Waals surface area contributed by atoms with Gasteiger partial charge in [0.15, 0.2) is 0 Å². The Morgan fingerprint density at radius 1 is 1.45 bits per heavy atom. The second-order valence-electron chi connectivity index (χ2n) is 5.80. The van der Waals surface area contributed by atoms with E-state index in [0.29, 0.717) is 24.0 Å². The zero-order valence-electron chi connectivity index (χ0n) is 12.2. The SMILES string of the molecule is CSC(C)(C)CNS(=O)(=O)c1c[nH]c(CNC2CC2)c1. The van der Waals surface area contributed by atoms with Crippen LogP contribution in [0.15, 0.2) is 17.2 Å². The average Bonchev–Trinajstić information content (AvgIpc) is 3.10. The van der Waals surface area contributed by atoms with Gasteiger partial charge >= 0.3 is 0 Å². The minimum Gasteiger partial charge on any atom is -0.363 e. The van der Waals surface area contributed by atoms with Crippen LogP contribution in [0, 0.1) is 0 Å². The molecule has 2 rings (SSSR count). The van der Waals surface area contributed by atoms with Gasteiger partial charge in [-0.2, -0.15) is 11.8 Å². The summed E-state index contributed by atoms with van der Waals surface area (Å²) in [7, 11) is -3.43. The zero-order valence-corrected chi connectivity index (χ0v) is 13.8. The summed E-state index contributed by atoms with van der Waals surface area (Å²) in [4.78, 5) is 3.33. The van der Waals surface area contributed by atoms with Gasteiger partial charge in [0.1, 0.15) is 0 Å². The van der Waals surface area contributed by atoms with Gasteiger partial charge in [-0.3, -0.25) is 0 Å². The molecule has 1 fully saturated rings. The third-order valence-corrected chi connectivity index (χ3v) is 6.06. The standard InChI is InChI=1S/C13H23N3O2S2/c1-13(2,19-3)9-16-20(17,18)12-6-11(15-8-12)7-14-10-4-5-10/h6,8,10,14-16H,4-5,7,9H2,1-3H3. The van der Waals surface area contributed by atoms with Gasteiger partial charge in [-0.1, -0.05) is 0 Å². The van der Waals surface area contributed by atoms with Crippen LogP contribution in [0.1, 0.15) is 32.4 Å². The Balaban J connectivity index is 1.94. The molecule has 114 valence electrons. The molecule has 0 saturated heterocycles. The summed E-state index contributed by atoms with van der Waals surface area (Å²) >= 11 is 1.64. The van der Waals surface area contributed by atoms with Crippen molar-refractivity contribution in [2.24, 2.45) is 0 Å². The van der Waals surface area contributed by atoms with Gasteiger partial charge < -0.3 is 10.3 Å². The topological polar surface area (TPSA) is 74.0 Å². The van der Waals surface area contributed by atoms with Gasteiger partial charge in [-0.15, -0.1) is 0 Å². The first-order valence-electron chi connectivity index (χ1n) is 6.78. The fraction of sp³-hybridized carbons (Fsp3) is 0.692. The zero-order chi connectivity index (χ0) is 14.8. The van der Waals surface area contributed by atoms with E-state index in [0.717, 1.165) is 5.69 Å². The number of rotatable bonds is 8. The fourth-order valence-electron chi connectivity index (χ4n) is 1.64. The number of aromatic amines is 1. The van der Waals surface area contributed by atoms with Gasteiger partial charge in [0.05, 0.1) is 4.90 Å². The van der Waals surface area contributed by atoms with Crippen LogP contribution in [0.4, 0.5) is 0 Å². The highest BCUT2D eigenvalue weighted by Crippen LogP contribution is 2.21. The van der Waals surface area contributed by atoms with Crippen molar-refractivity contribution in [1.82, 2.24) is 15.0 Å². The van der Waals surface area contributed by atoms with E-state index in [2.05, 4.69) is 15.0 Å². The van der Waals surface area contributed by atoms with E-state index in [9.17, 15) is 8.42 Å². The van der Waals surface area contributed by atoms with Crippen LogP contribution in [0.5, 0.6) is 0 Å². The van der Waals surface area contributed by atoms with Crippen LogP contribution in [-0.4, -0.2) is 37.0 Å². The number of aromatic nitrogens is 1. The summed E-state index contributed by atoms with van der Waals surface area (Å²) in [6, 6.07) is 2.31. The Labute approximate surface area is 125 Å². The minimum atomic E-state index is -3.43. The van der Waals surface area contributed by atoms with Crippen molar-refractivity contribution in [3.63, 3.8) is 0 Å². The highest BCUT2D eigenvalue weighted by atomic mass is 32.2. The van der Waals surface area contributed by atoms with Crippen LogP contribution in [0.3, 0.4) is 0 Å². The molecule has 20 heavy (non-hydrogen) atoms. The number of nitrogens with one attached hydrogen (secondary N) is 3. The minimum absolute atomic E-state index is 0.111. The van der Waals surface area contributed by atoms with Crippen molar-refractivity contribution in [2.45, 2.75) is 48.9 Å². The fourth-order valence-corrected chi connectivity index (χ4v) is 3.18. The molecule has 1 aromatic rings. The molecule has 0 aliphatic heterocycles. The first kappa shape index (κ1) is 15.9. The number of hydrogen-bond donors (Lipinski definition) is 3. The Hall–Kier alpha value is -0.500. The van der Waals surface area contributed by atoms with Crippen molar-refractivity contribution in [3.8, 4) is 0 Å². The third kappa shape index (κ3) is 4.51. The van der Waals surface area contributed by atoms with Crippen LogP contribution in [0.2, 0.25) is 0 Å². The molecule has 0 bridgehead atoms. The number of hydrogen-bond acceptors (Lipinski definition) is 4. The van der Waals surface area contributed by atoms with E-state index < -0.39 is 10.0 Å². The van der Waals surface area contributed by atoms with Gasteiger partial charge in [0.2, 0.25) is 10.0 Å². The molecule has 1 aromatic heterocycles. The molecule has 0 amide bonds. The highest BCUT2D eigenvalue weighted by Gasteiger charge is 2.23. The van der Waals surface area contributed by atoms with Crippen LogP contribution >= 0.6 is 11.8 Å². The van der Waals surface area contributed by atoms with E-state index in [1.54, 1.807) is 24.0 Å². The number of H-pyrrole nitrogens is 1. The lowest BCUT2D eigenvalue weighted by atomic mass is 10.2. The maximum absolute atomic E-state index is 12.2. The molecule has 7 heteroatoms. The van der Waals surface area contributed by atoms with E-state index in [1.807, 2.05) is 20.1 Å². The molecule has 0 radical (unpaired) electrons. The van der Waals surface area contributed by atoms with Gasteiger partial charge in [0, 0.05) is 35.8 Å². The molecule has 0 aromatic carbocycles. The van der Waals surface area contributed by atoms with Gasteiger partial charge in [-0.25, -0.2) is 13.1 Å². The first-order chi connectivity index (χ1) is 9.32. The second kappa shape index (κ2) is 6.09. The van der Waals surface area contributed by atoms with E-state index >= 15 is 0 Å².